The number of hydrogen-bond donors (Lipinski definition) is 2. The van der Waals surface area contributed by atoms with Crippen LogP contribution in [0.3, 0.4) is 0 Å². The Kier molecular flexibility index (Phi) is 6.77. The molecule has 0 radical (unpaired) electrons. The van der Waals surface area contributed by atoms with Crippen molar-refractivity contribution >= 4 is 36.0 Å². The van der Waals surface area contributed by atoms with Crippen LogP contribution in [0, 0.1) is 5.92 Å². The molecule has 0 bridgehead atoms. The van der Waals surface area contributed by atoms with Gasteiger partial charge < -0.3 is 15.5 Å². The van der Waals surface area contributed by atoms with Crippen molar-refractivity contribution in [2.45, 2.75) is 31.7 Å². The Morgan fingerprint density at radius 3 is 2.63 bits per heavy atom. The minimum absolute atomic E-state index is 0. The number of carbonyl (C=O) groups excluding carboxylic acids is 4. The number of likely N-dealkylation sites (tertiary alicyclic amines) is 1. The van der Waals surface area contributed by atoms with Gasteiger partial charge in [0, 0.05) is 32.2 Å². The third-order valence-electron chi connectivity index (χ3n) is 6.08. The average Bonchev–Trinajstić information content (AvgIpc) is 3.36. The van der Waals surface area contributed by atoms with E-state index in [-0.39, 0.29) is 53.6 Å². The first-order valence-electron chi connectivity index (χ1n) is 10.2. The lowest BCUT2D eigenvalue weighted by molar-refractivity contribution is -0.123. The molecule has 2 fully saturated rings. The van der Waals surface area contributed by atoms with Gasteiger partial charge in [-0.1, -0.05) is 0 Å². The second kappa shape index (κ2) is 9.14. The highest BCUT2D eigenvalue weighted by atomic mass is 35.5. The normalized spacial score (nSPS) is 23.2. The van der Waals surface area contributed by atoms with Gasteiger partial charge >= 0.3 is 0 Å². The number of halogens is 1. The van der Waals surface area contributed by atoms with E-state index in [1.807, 2.05) is 0 Å². The second-order valence-electron chi connectivity index (χ2n) is 8.08. The Balaban J connectivity index is 0.00000256. The molecule has 0 aliphatic carbocycles. The monoisotopic (exact) mass is 434 g/mol. The zero-order valence-electron chi connectivity index (χ0n) is 17.0. The molecule has 1 aromatic carbocycles. The quantitative estimate of drug-likeness (QED) is 0.690. The van der Waals surface area contributed by atoms with Crippen molar-refractivity contribution in [3.8, 4) is 0 Å². The summed E-state index contributed by atoms with van der Waals surface area (Å²) in [5, 5.41) is 6.21. The van der Waals surface area contributed by atoms with E-state index in [9.17, 15) is 19.2 Å². The van der Waals surface area contributed by atoms with E-state index in [2.05, 4.69) is 10.6 Å². The summed E-state index contributed by atoms with van der Waals surface area (Å²) in [4.78, 5) is 52.3. The number of hydrogen-bond acceptors (Lipinski definition) is 5. The highest BCUT2D eigenvalue weighted by Crippen LogP contribution is 2.24. The fourth-order valence-corrected chi connectivity index (χ4v) is 4.37. The molecule has 9 heteroatoms. The second-order valence-corrected chi connectivity index (χ2v) is 8.08. The number of rotatable bonds is 4. The van der Waals surface area contributed by atoms with Crippen LogP contribution < -0.4 is 10.6 Å². The summed E-state index contributed by atoms with van der Waals surface area (Å²) in [6, 6.07) is 4.60. The smallest absolute Gasteiger partial charge is 0.261 e. The van der Waals surface area contributed by atoms with Crippen LogP contribution in [0.5, 0.6) is 0 Å². The third-order valence-corrected chi connectivity index (χ3v) is 6.08. The third kappa shape index (κ3) is 4.20. The molecule has 0 aromatic heterocycles. The van der Waals surface area contributed by atoms with Crippen LogP contribution in [0.15, 0.2) is 18.2 Å². The number of nitrogens with one attached hydrogen (secondary N) is 2. The predicted molar refractivity (Wildman–Crippen MR) is 113 cm³/mol. The fraction of sp³-hybridized carbons (Fsp3) is 0.524. The molecule has 162 valence electrons. The topological polar surface area (TPSA) is 98.8 Å². The van der Waals surface area contributed by atoms with Gasteiger partial charge in [-0.15, -0.1) is 12.4 Å². The summed E-state index contributed by atoms with van der Waals surface area (Å²) in [7, 11) is 1.44. The highest BCUT2D eigenvalue weighted by molar-refractivity contribution is 6.21. The fourth-order valence-electron chi connectivity index (χ4n) is 4.37. The Bertz CT molecular complexity index is 869. The molecule has 1 aromatic rings. The summed E-state index contributed by atoms with van der Waals surface area (Å²) in [6.07, 6.45) is 3.73. The molecule has 0 spiro atoms. The lowest BCUT2D eigenvalue weighted by Crippen LogP contribution is -2.46. The Morgan fingerprint density at radius 1 is 1.13 bits per heavy atom. The Hall–Kier alpha value is -2.45. The van der Waals surface area contributed by atoms with Crippen LogP contribution in [0.4, 0.5) is 0 Å². The number of imide groups is 1. The number of nitrogens with zero attached hydrogens (tertiary/aromatic N) is 2. The van der Waals surface area contributed by atoms with Gasteiger partial charge in [-0.3, -0.25) is 24.1 Å². The number of amides is 4. The van der Waals surface area contributed by atoms with Crippen LogP contribution in [0.1, 0.15) is 56.8 Å². The molecular formula is C21H27ClN4O4. The van der Waals surface area contributed by atoms with E-state index in [1.54, 1.807) is 17.0 Å². The molecule has 8 nitrogen and oxygen atoms in total. The highest BCUT2D eigenvalue weighted by Gasteiger charge is 2.34. The van der Waals surface area contributed by atoms with Crippen molar-refractivity contribution in [2.24, 2.45) is 5.92 Å². The number of piperidine rings is 1. The summed E-state index contributed by atoms with van der Waals surface area (Å²) in [5.41, 5.74) is 1.04. The first-order valence-corrected chi connectivity index (χ1v) is 10.2. The van der Waals surface area contributed by atoms with Gasteiger partial charge in [0.25, 0.3) is 17.7 Å². The molecule has 2 unspecified atom stereocenters. The zero-order valence-corrected chi connectivity index (χ0v) is 17.8. The molecule has 30 heavy (non-hydrogen) atoms. The van der Waals surface area contributed by atoms with Crippen molar-refractivity contribution in [3.05, 3.63) is 34.9 Å². The first kappa shape index (κ1) is 22.2. The van der Waals surface area contributed by atoms with Crippen LogP contribution in [0.2, 0.25) is 0 Å². The van der Waals surface area contributed by atoms with Crippen molar-refractivity contribution in [2.75, 3.05) is 33.2 Å². The molecule has 2 saturated heterocycles. The molecule has 4 amide bonds. The molecule has 2 N–H and O–H groups in total. The van der Waals surface area contributed by atoms with Crippen molar-refractivity contribution < 1.29 is 19.2 Å². The van der Waals surface area contributed by atoms with Crippen LogP contribution >= 0.6 is 12.4 Å². The van der Waals surface area contributed by atoms with Gasteiger partial charge in [0.05, 0.1) is 17.2 Å². The van der Waals surface area contributed by atoms with E-state index >= 15 is 0 Å². The van der Waals surface area contributed by atoms with Gasteiger partial charge in [0.15, 0.2) is 0 Å². The number of benzene rings is 1. The minimum Gasteiger partial charge on any atom is -0.354 e. The average molecular weight is 435 g/mol. The minimum atomic E-state index is -0.376. The van der Waals surface area contributed by atoms with Crippen molar-refractivity contribution in [3.63, 3.8) is 0 Å². The van der Waals surface area contributed by atoms with Gasteiger partial charge in [-0.05, 0) is 56.3 Å². The van der Waals surface area contributed by atoms with Crippen molar-refractivity contribution in [1.82, 2.24) is 20.4 Å². The molecule has 4 rings (SSSR count). The molecule has 3 aliphatic heterocycles. The number of fused-ring (bicyclic) bond motifs is 1. The summed E-state index contributed by atoms with van der Waals surface area (Å²) >= 11 is 0. The maximum atomic E-state index is 13.0. The van der Waals surface area contributed by atoms with Crippen LogP contribution in [-0.2, 0) is 4.79 Å². The maximum Gasteiger partial charge on any atom is 0.261 e. The lowest BCUT2D eigenvalue weighted by atomic mass is 9.96. The number of carbonyl (C=O) groups is 4. The van der Waals surface area contributed by atoms with E-state index < -0.39 is 0 Å². The summed E-state index contributed by atoms with van der Waals surface area (Å²) in [6.45, 7) is 2.66. The van der Waals surface area contributed by atoms with E-state index in [0.29, 0.717) is 30.8 Å². The predicted octanol–water partition coefficient (Wildman–Crippen LogP) is 1.05. The van der Waals surface area contributed by atoms with Gasteiger partial charge in [0.2, 0.25) is 5.91 Å². The standard InChI is InChI=1S/C21H26N4O4.ClH/c1-24-20(28)15-7-6-14(10-16(15)21(24)29)19(27)25-9-3-4-13(12-25)11-23-18(26)17-5-2-8-22-17;/h6-7,10,13,17,22H,2-5,8-9,11-12H2,1H3,(H,23,26);1H. The molecule has 3 aliphatic rings. The van der Waals surface area contributed by atoms with Gasteiger partial charge in [-0.2, -0.15) is 0 Å². The van der Waals surface area contributed by atoms with Crippen molar-refractivity contribution in [1.29, 1.82) is 0 Å². The van der Waals surface area contributed by atoms with E-state index in [0.717, 1.165) is 37.1 Å². The SMILES string of the molecule is CN1C(=O)c2ccc(C(=O)N3CCCC(CNC(=O)C4CCCN4)C3)cc2C1=O.Cl. The van der Waals surface area contributed by atoms with Gasteiger partial charge in [-0.25, -0.2) is 0 Å². The molecular weight excluding hydrogens is 408 g/mol. The largest absolute Gasteiger partial charge is 0.354 e. The van der Waals surface area contributed by atoms with E-state index in [4.69, 9.17) is 0 Å². The lowest BCUT2D eigenvalue weighted by Gasteiger charge is -2.33. The zero-order chi connectivity index (χ0) is 20.5. The molecule has 3 heterocycles. The summed E-state index contributed by atoms with van der Waals surface area (Å²) in [5.74, 6) is -0.608. The van der Waals surface area contributed by atoms with Crippen LogP contribution in [-0.4, -0.2) is 72.7 Å². The first-order chi connectivity index (χ1) is 14.0. The Labute approximate surface area is 181 Å². The van der Waals surface area contributed by atoms with Crippen LogP contribution in [0.25, 0.3) is 0 Å². The van der Waals surface area contributed by atoms with E-state index in [1.165, 1.54) is 13.1 Å². The molecule has 2 atom stereocenters. The van der Waals surface area contributed by atoms with Gasteiger partial charge in [0.1, 0.15) is 0 Å². The Morgan fingerprint density at radius 2 is 1.90 bits per heavy atom. The molecule has 0 saturated carbocycles. The summed E-state index contributed by atoms with van der Waals surface area (Å²) < 4.78 is 0. The maximum absolute atomic E-state index is 13.0.